The molecule has 5 rings (SSSR count). The van der Waals surface area contributed by atoms with Crippen LogP contribution in [0.1, 0.15) is 64.7 Å². The molecule has 8 nitrogen and oxygen atoms in total. The highest BCUT2D eigenvalue weighted by Crippen LogP contribution is 2.61. The monoisotopic (exact) mass is 452 g/mol. The van der Waals surface area contributed by atoms with Crippen molar-refractivity contribution in [1.82, 2.24) is 0 Å². The molecule has 0 amide bonds. The Balaban J connectivity index is 1.22. The molecule has 1 heterocycles. The first kappa shape index (κ1) is 22.7. The molecule has 0 aromatic heterocycles. The molecule has 8 heteroatoms. The number of rotatable bonds is 3. The van der Waals surface area contributed by atoms with Crippen LogP contribution in [-0.4, -0.2) is 69.0 Å². The van der Waals surface area contributed by atoms with Gasteiger partial charge in [-0.05, 0) is 81.0 Å². The third-order valence-corrected chi connectivity index (χ3v) is 9.75. The van der Waals surface area contributed by atoms with Gasteiger partial charge in [-0.15, -0.1) is 0 Å². The van der Waals surface area contributed by atoms with E-state index in [9.17, 15) is 30.0 Å². The Morgan fingerprint density at radius 3 is 2.47 bits per heavy atom. The van der Waals surface area contributed by atoms with Gasteiger partial charge in [0.2, 0.25) is 0 Å². The summed E-state index contributed by atoms with van der Waals surface area (Å²) in [7, 11) is 0. The van der Waals surface area contributed by atoms with Gasteiger partial charge >= 0.3 is 5.97 Å². The summed E-state index contributed by atoms with van der Waals surface area (Å²) in [5.74, 6) is 2.08. The van der Waals surface area contributed by atoms with Crippen LogP contribution < -0.4 is 0 Å². The number of carbonyl (C=O) groups is 2. The normalized spacial score (nSPS) is 53.2. The largest absolute Gasteiger partial charge is 0.479 e. The number of hydrogen-bond donors (Lipinski definition) is 4. The van der Waals surface area contributed by atoms with E-state index in [0.717, 1.165) is 57.8 Å². The maximum absolute atomic E-state index is 12.5. The Morgan fingerprint density at radius 2 is 1.72 bits per heavy atom. The lowest BCUT2D eigenvalue weighted by molar-refractivity contribution is -0.308. The van der Waals surface area contributed by atoms with Crippen molar-refractivity contribution in [2.45, 2.75) is 102 Å². The molecule has 180 valence electrons. The first-order valence-corrected chi connectivity index (χ1v) is 12.3. The fourth-order valence-corrected chi connectivity index (χ4v) is 8.06. The second-order valence-corrected chi connectivity index (χ2v) is 11.2. The van der Waals surface area contributed by atoms with Crippen molar-refractivity contribution >= 4 is 11.8 Å². The molecule has 12 atom stereocenters. The van der Waals surface area contributed by atoms with Gasteiger partial charge in [-0.3, -0.25) is 4.79 Å². The summed E-state index contributed by atoms with van der Waals surface area (Å²) < 4.78 is 11.3. The van der Waals surface area contributed by atoms with Crippen LogP contribution in [0.5, 0.6) is 0 Å². The van der Waals surface area contributed by atoms with Gasteiger partial charge in [-0.25, -0.2) is 4.79 Å². The summed E-state index contributed by atoms with van der Waals surface area (Å²) in [5.41, 5.74) is -0.102. The van der Waals surface area contributed by atoms with Crippen molar-refractivity contribution in [1.29, 1.82) is 0 Å². The van der Waals surface area contributed by atoms with Crippen molar-refractivity contribution < 1.29 is 39.5 Å². The molecular formula is C24H36O8. The Hall–Kier alpha value is -1.06. The van der Waals surface area contributed by atoms with Gasteiger partial charge in [-0.2, -0.15) is 0 Å². The minimum absolute atomic E-state index is 0.102. The molecule has 32 heavy (non-hydrogen) atoms. The lowest BCUT2D eigenvalue weighted by Crippen LogP contribution is -2.61. The van der Waals surface area contributed by atoms with Crippen LogP contribution in [-0.2, 0) is 19.1 Å². The van der Waals surface area contributed by atoms with E-state index >= 15 is 0 Å². The summed E-state index contributed by atoms with van der Waals surface area (Å²) in [5, 5.41) is 39.4. The van der Waals surface area contributed by atoms with Crippen LogP contribution in [0, 0.1) is 35.0 Å². The first-order chi connectivity index (χ1) is 15.2. The number of ether oxygens (including phenoxy) is 2. The highest BCUT2D eigenvalue weighted by Gasteiger charge is 2.57. The average Bonchev–Trinajstić information content (AvgIpc) is 3.08. The van der Waals surface area contributed by atoms with Crippen LogP contribution in [0.25, 0.3) is 0 Å². The number of carboxylic acids is 1. The summed E-state index contributed by atoms with van der Waals surface area (Å²) in [6.07, 6.45) is 0.950. The van der Waals surface area contributed by atoms with E-state index in [1.807, 2.05) is 0 Å². The molecule has 0 bridgehead atoms. The molecule has 0 spiro atoms. The number of aliphatic hydroxyl groups is 3. The third kappa shape index (κ3) is 3.54. The first-order valence-electron chi connectivity index (χ1n) is 12.3. The number of hydrogen-bond acceptors (Lipinski definition) is 7. The highest BCUT2D eigenvalue weighted by molar-refractivity contribution is 5.87. The maximum atomic E-state index is 12.5. The average molecular weight is 453 g/mol. The Labute approximate surface area is 188 Å². The smallest absolute Gasteiger partial charge is 0.335 e. The summed E-state index contributed by atoms with van der Waals surface area (Å²) in [6, 6.07) is 0. The Bertz CT molecular complexity index is 756. The highest BCUT2D eigenvalue weighted by atomic mass is 16.7. The van der Waals surface area contributed by atoms with Crippen LogP contribution in [0.2, 0.25) is 0 Å². The molecule has 4 aliphatic carbocycles. The zero-order valence-corrected chi connectivity index (χ0v) is 18.6. The zero-order valence-electron chi connectivity index (χ0n) is 18.6. The van der Waals surface area contributed by atoms with Crippen molar-refractivity contribution in [3.8, 4) is 0 Å². The van der Waals surface area contributed by atoms with Gasteiger partial charge in [0.1, 0.15) is 24.1 Å². The van der Waals surface area contributed by atoms with Gasteiger partial charge in [0.15, 0.2) is 12.4 Å². The van der Waals surface area contributed by atoms with Crippen LogP contribution in [0.15, 0.2) is 0 Å². The van der Waals surface area contributed by atoms with E-state index in [1.54, 1.807) is 0 Å². The number of carboxylic acid groups (broad SMARTS) is 1. The van der Waals surface area contributed by atoms with Gasteiger partial charge in [0.25, 0.3) is 0 Å². The predicted octanol–water partition coefficient (Wildman–Crippen LogP) is 1.49. The number of Topliss-reactive ketones (excluding diaryl/α,β-unsaturated/α-hetero) is 1. The molecule has 0 radical (unpaired) electrons. The van der Waals surface area contributed by atoms with Crippen molar-refractivity contribution in [3.05, 3.63) is 0 Å². The molecule has 5 aliphatic rings. The van der Waals surface area contributed by atoms with Gasteiger partial charge in [0.05, 0.1) is 6.10 Å². The second-order valence-electron chi connectivity index (χ2n) is 11.2. The minimum atomic E-state index is -1.70. The standard InChI is InChI=1S/C24H36O8/c1-24-9-8-14-13-5-3-12(10-11(13)2-4-15(14)16(24)6-7-17(24)25)31-23-20(28)18(26)19(27)21(32-23)22(29)30/h11-16,18-21,23,26-28H,2-10H2,1H3,(H,29,30)/t11-,12?,13-,14+,15+,16-,18-,19-,20+,21-,23?,24-/m0/s1. The lowest BCUT2D eigenvalue weighted by atomic mass is 9.50. The molecule has 0 aromatic carbocycles. The zero-order chi connectivity index (χ0) is 22.8. The van der Waals surface area contributed by atoms with Crippen molar-refractivity contribution in [3.63, 3.8) is 0 Å². The molecule has 5 fully saturated rings. The fraction of sp³-hybridized carbons (Fsp3) is 0.917. The summed E-state index contributed by atoms with van der Waals surface area (Å²) >= 11 is 0. The number of ketones is 1. The third-order valence-electron chi connectivity index (χ3n) is 9.75. The van der Waals surface area contributed by atoms with E-state index < -0.39 is 36.7 Å². The predicted molar refractivity (Wildman–Crippen MR) is 111 cm³/mol. The quantitative estimate of drug-likeness (QED) is 0.473. The molecule has 1 saturated heterocycles. The topological polar surface area (TPSA) is 134 Å². The van der Waals surface area contributed by atoms with Crippen LogP contribution in [0.3, 0.4) is 0 Å². The van der Waals surface area contributed by atoms with E-state index in [1.165, 1.54) is 0 Å². The molecule has 1 aliphatic heterocycles. The minimum Gasteiger partial charge on any atom is -0.479 e. The number of aliphatic carboxylic acids is 1. The maximum Gasteiger partial charge on any atom is 0.335 e. The molecule has 4 saturated carbocycles. The SMILES string of the molecule is C[C@]12CC[C@H]3[C@@H](CC[C@H]4CC(OC5O[C@H](C(=O)O)[C@@H](O)[C@H](O)[C@H]5O)CC[C@@H]43)[C@@H]1CCC2=O. The van der Waals surface area contributed by atoms with Crippen LogP contribution >= 0.6 is 0 Å². The summed E-state index contributed by atoms with van der Waals surface area (Å²) in [4.78, 5) is 23.9. The van der Waals surface area contributed by atoms with Crippen LogP contribution in [0.4, 0.5) is 0 Å². The van der Waals surface area contributed by atoms with E-state index in [4.69, 9.17) is 9.47 Å². The van der Waals surface area contributed by atoms with Crippen molar-refractivity contribution in [2.75, 3.05) is 0 Å². The lowest BCUT2D eigenvalue weighted by Gasteiger charge is -2.55. The number of carbonyl (C=O) groups excluding carboxylic acids is 1. The van der Waals surface area contributed by atoms with E-state index in [-0.39, 0.29) is 11.5 Å². The van der Waals surface area contributed by atoms with Crippen molar-refractivity contribution in [2.24, 2.45) is 35.0 Å². The Kier molecular flexibility index (Phi) is 5.90. The molecular weight excluding hydrogens is 416 g/mol. The second kappa shape index (κ2) is 8.31. The van der Waals surface area contributed by atoms with Gasteiger partial charge < -0.3 is 29.9 Å². The number of fused-ring (bicyclic) bond motifs is 5. The molecule has 0 aromatic rings. The van der Waals surface area contributed by atoms with E-state index in [2.05, 4.69) is 6.92 Å². The van der Waals surface area contributed by atoms with Gasteiger partial charge in [-0.1, -0.05) is 6.92 Å². The molecule has 2 unspecified atom stereocenters. The van der Waals surface area contributed by atoms with E-state index in [0.29, 0.717) is 35.4 Å². The van der Waals surface area contributed by atoms with Gasteiger partial charge in [0, 0.05) is 11.8 Å². The fourth-order valence-electron chi connectivity index (χ4n) is 8.06. The summed E-state index contributed by atoms with van der Waals surface area (Å²) in [6.45, 7) is 2.20. The molecule has 4 N–H and O–H groups in total. The number of aliphatic hydroxyl groups excluding tert-OH is 3. The Morgan fingerprint density at radius 1 is 0.969 bits per heavy atom.